The zero-order valence-electron chi connectivity index (χ0n) is 15.7. The highest BCUT2D eigenvalue weighted by molar-refractivity contribution is 6.04. The van der Waals surface area contributed by atoms with E-state index in [9.17, 15) is 4.79 Å². The van der Waals surface area contributed by atoms with Gasteiger partial charge in [0.15, 0.2) is 5.82 Å². The molecular weight excluding hydrogens is 356 g/mol. The average Bonchev–Trinajstić information content (AvgIpc) is 3.38. The van der Waals surface area contributed by atoms with Crippen molar-refractivity contribution in [3.05, 3.63) is 60.4 Å². The highest BCUT2D eigenvalue weighted by Crippen LogP contribution is 2.21. The molecule has 0 saturated carbocycles. The Morgan fingerprint density at radius 3 is 2.86 bits per heavy atom. The van der Waals surface area contributed by atoms with Crippen LogP contribution >= 0.6 is 0 Å². The molecular formula is C21H22N4O3. The minimum absolute atomic E-state index is 0.171. The molecule has 0 aliphatic carbocycles. The van der Waals surface area contributed by atoms with E-state index in [1.807, 2.05) is 35.9 Å². The van der Waals surface area contributed by atoms with E-state index in [1.54, 1.807) is 30.6 Å². The number of carbonyl (C=O) groups excluding carboxylic acids is 1. The van der Waals surface area contributed by atoms with Crippen molar-refractivity contribution in [3.63, 3.8) is 0 Å². The van der Waals surface area contributed by atoms with E-state index in [0.717, 1.165) is 36.6 Å². The summed E-state index contributed by atoms with van der Waals surface area (Å²) in [6.45, 7) is 1.35. The van der Waals surface area contributed by atoms with Gasteiger partial charge in [-0.1, -0.05) is 12.1 Å². The minimum Gasteiger partial charge on any atom is -0.491 e. The Bertz CT molecular complexity index is 946. The van der Waals surface area contributed by atoms with E-state index < -0.39 is 0 Å². The maximum absolute atomic E-state index is 12.6. The number of carbonyl (C=O) groups is 1. The summed E-state index contributed by atoms with van der Waals surface area (Å²) in [5, 5.41) is 10.9. The van der Waals surface area contributed by atoms with Gasteiger partial charge in [0.25, 0.3) is 5.91 Å². The van der Waals surface area contributed by atoms with Crippen molar-refractivity contribution in [2.75, 3.05) is 18.5 Å². The van der Waals surface area contributed by atoms with E-state index in [0.29, 0.717) is 17.9 Å². The standard InChI is InChI=1S/C21H22N4O3/c1-25-14-22-24-20(25)16-4-2-5-17(12-16)23-21(26)15-7-9-18(10-8-15)28-13-19-6-3-11-27-19/h2,4-5,7-10,12,14,19H,3,6,11,13H2,1H3,(H,23,26). The van der Waals surface area contributed by atoms with Crippen LogP contribution < -0.4 is 10.1 Å². The quantitative estimate of drug-likeness (QED) is 0.712. The van der Waals surface area contributed by atoms with Crippen LogP contribution in [0.5, 0.6) is 5.75 Å². The van der Waals surface area contributed by atoms with Crippen LogP contribution in [-0.4, -0.2) is 40.0 Å². The number of amides is 1. The summed E-state index contributed by atoms with van der Waals surface area (Å²) in [6.07, 6.45) is 3.94. The Balaban J connectivity index is 1.39. The summed E-state index contributed by atoms with van der Waals surface area (Å²) in [5.41, 5.74) is 2.15. The number of hydrogen-bond donors (Lipinski definition) is 1. The van der Waals surface area contributed by atoms with Crippen molar-refractivity contribution >= 4 is 11.6 Å². The molecule has 1 aliphatic heterocycles. The first kappa shape index (κ1) is 18.2. The third-order valence-corrected chi connectivity index (χ3v) is 4.67. The van der Waals surface area contributed by atoms with Crippen molar-refractivity contribution < 1.29 is 14.3 Å². The molecule has 28 heavy (non-hydrogen) atoms. The predicted molar refractivity (Wildman–Crippen MR) is 105 cm³/mol. The smallest absolute Gasteiger partial charge is 0.255 e. The fraction of sp³-hybridized carbons (Fsp3) is 0.286. The molecule has 0 spiro atoms. The molecule has 3 aromatic rings. The molecule has 1 aromatic heterocycles. The normalized spacial score (nSPS) is 16.1. The molecule has 2 aromatic carbocycles. The number of aromatic nitrogens is 3. The highest BCUT2D eigenvalue weighted by Gasteiger charge is 2.16. The summed E-state index contributed by atoms with van der Waals surface area (Å²) in [5.74, 6) is 1.29. The van der Waals surface area contributed by atoms with Crippen molar-refractivity contribution in [2.45, 2.75) is 18.9 Å². The Hall–Kier alpha value is -3.19. The molecule has 0 bridgehead atoms. The molecule has 7 heteroatoms. The van der Waals surface area contributed by atoms with Crippen LogP contribution in [0.3, 0.4) is 0 Å². The number of aryl methyl sites for hydroxylation is 1. The number of nitrogens with one attached hydrogen (secondary N) is 1. The zero-order valence-corrected chi connectivity index (χ0v) is 15.7. The molecule has 1 saturated heterocycles. The monoisotopic (exact) mass is 378 g/mol. The van der Waals surface area contributed by atoms with Crippen LogP contribution in [-0.2, 0) is 11.8 Å². The van der Waals surface area contributed by atoms with Crippen LogP contribution in [0.1, 0.15) is 23.2 Å². The van der Waals surface area contributed by atoms with Gasteiger partial charge >= 0.3 is 0 Å². The molecule has 1 atom stereocenters. The first-order valence-corrected chi connectivity index (χ1v) is 9.29. The van der Waals surface area contributed by atoms with Gasteiger partial charge in [0.1, 0.15) is 18.7 Å². The largest absolute Gasteiger partial charge is 0.491 e. The summed E-state index contributed by atoms with van der Waals surface area (Å²) < 4.78 is 13.1. The van der Waals surface area contributed by atoms with E-state index in [4.69, 9.17) is 9.47 Å². The van der Waals surface area contributed by atoms with Crippen molar-refractivity contribution in [3.8, 4) is 17.1 Å². The maximum atomic E-state index is 12.6. The van der Waals surface area contributed by atoms with Crippen LogP contribution in [0.4, 0.5) is 5.69 Å². The Kier molecular flexibility index (Phi) is 5.34. The number of benzene rings is 2. The van der Waals surface area contributed by atoms with Gasteiger partial charge in [-0.3, -0.25) is 4.79 Å². The third kappa shape index (κ3) is 4.20. The van der Waals surface area contributed by atoms with Gasteiger partial charge in [0.05, 0.1) is 6.10 Å². The number of rotatable bonds is 6. The van der Waals surface area contributed by atoms with Gasteiger partial charge in [-0.25, -0.2) is 0 Å². The number of ether oxygens (including phenoxy) is 2. The fourth-order valence-electron chi connectivity index (χ4n) is 3.15. The molecule has 7 nitrogen and oxygen atoms in total. The first-order chi connectivity index (χ1) is 13.7. The molecule has 1 amide bonds. The maximum Gasteiger partial charge on any atom is 0.255 e. The summed E-state index contributed by atoms with van der Waals surface area (Å²) >= 11 is 0. The lowest BCUT2D eigenvalue weighted by molar-refractivity contribution is 0.0679. The number of anilines is 1. The minimum atomic E-state index is -0.180. The third-order valence-electron chi connectivity index (χ3n) is 4.67. The number of hydrogen-bond acceptors (Lipinski definition) is 5. The zero-order chi connectivity index (χ0) is 19.3. The molecule has 1 fully saturated rings. The Labute approximate surface area is 163 Å². The summed E-state index contributed by atoms with van der Waals surface area (Å²) in [6, 6.07) is 14.7. The molecule has 144 valence electrons. The van der Waals surface area contributed by atoms with Gasteiger partial charge in [0.2, 0.25) is 0 Å². The van der Waals surface area contributed by atoms with E-state index in [-0.39, 0.29) is 12.0 Å². The average molecular weight is 378 g/mol. The second-order valence-electron chi connectivity index (χ2n) is 6.77. The van der Waals surface area contributed by atoms with Crippen LogP contribution in [0.25, 0.3) is 11.4 Å². The Morgan fingerprint density at radius 1 is 1.29 bits per heavy atom. The van der Waals surface area contributed by atoms with Gasteiger partial charge in [-0.2, -0.15) is 0 Å². The van der Waals surface area contributed by atoms with Crippen molar-refractivity contribution in [2.24, 2.45) is 7.05 Å². The SMILES string of the molecule is Cn1cnnc1-c1cccc(NC(=O)c2ccc(OCC3CCCO3)cc2)c1. The van der Waals surface area contributed by atoms with Crippen LogP contribution in [0.2, 0.25) is 0 Å². The second kappa shape index (κ2) is 8.22. The lowest BCUT2D eigenvalue weighted by atomic mass is 10.1. The summed E-state index contributed by atoms with van der Waals surface area (Å²) in [4.78, 5) is 12.6. The molecule has 1 N–H and O–H groups in total. The van der Waals surface area contributed by atoms with Gasteiger partial charge in [-0.15, -0.1) is 10.2 Å². The topological polar surface area (TPSA) is 78.3 Å². The van der Waals surface area contributed by atoms with E-state index in [2.05, 4.69) is 15.5 Å². The van der Waals surface area contributed by atoms with Crippen molar-refractivity contribution in [1.29, 1.82) is 0 Å². The predicted octanol–water partition coefficient (Wildman–Crippen LogP) is 3.29. The fourth-order valence-corrected chi connectivity index (χ4v) is 3.15. The van der Waals surface area contributed by atoms with Gasteiger partial charge < -0.3 is 19.4 Å². The van der Waals surface area contributed by atoms with Gasteiger partial charge in [-0.05, 0) is 49.2 Å². The van der Waals surface area contributed by atoms with Crippen LogP contribution in [0, 0.1) is 0 Å². The molecule has 1 aliphatic rings. The molecule has 0 radical (unpaired) electrons. The number of nitrogens with zero attached hydrogens (tertiary/aromatic N) is 3. The van der Waals surface area contributed by atoms with E-state index in [1.165, 1.54) is 0 Å². The summed E-state index contributed by atoms with van der Waals surface area (Å²) in [7, 11) is 1.88. The lowest BCUT2D eigenvalue weighted by Crippen LogP contribution is -2.16. The first-order valence-electron chi connectivity index (χ1n) is 9.29. The Morgan fingerprint density at radius 2 is 2.14 bits per heavy atom. The molecule has 2 heterocycles. The van der Waals surface area contributed by atoms with Gasteiger partial charge in [0, 0.05) is 30.5 Å². The molecule has 1 unspecified atom stereocenters. The lowest BCUT2D eigenvalue weighted by Gasteiger charge is -2.12. The molecule has 4 rings (SSSR count). The van der Waals surface area contributed by atoms with Crippen LogP contribution in [0.15, 0.2) is 54.9 Å². The highest BCUT2D eigenvalue weighted by atomic mass is 16.5. The van der Waals surface area contributed by atoms with Crippen molar-refractivity contribution in [1.82, 2.24) is 14.8 Å². The second-order valence-corrected chi connectivity index (χ2v) is 6.77. The van der Waals surface area contributed by atoms with E-state index >= 15 is 0 Å².